The van der Waals surface area contributed by atoms with Gasteiger partial charge in [-0.25, -0.2) is 0 Å². The van der Waals surface area contributed by atoms with Gasteiger partial charge in [0.1, 0.15) is 6.04 Å². The van der Waals surface area contributed by atoms with E-state index in [2.05, 4.69) is 19.2 Å². The summed E-state index contributed by atoms with van der Waals surface area (Å²) >= 11 is 0. The zero-order valence-electron chi connectivity index (χ0n) is 7.96. The van der Waals surface area contributed by atoms with Crippen LogP contribution in [0.25, 0.3) is 0 Å². The number of esters is 1. The summed E-state index contributed by atoms with van der Waals surface area (Å²) < 4.78 is 4.92. The van der Waals surface area contributed by atoms with Crippen molar-refractivity contribution in [2.75, 3.05) is 6.61 Å². The molecule has 0 radical (unpaired) electrons. The molecule has 1 fully saturated rings. The standard InChI is InChI=1S/C9H17NO2/c1-4-12-9(11)8-5-6(2)7(3)10-8/h6-8,10H,4-5H2,1-3H3/t6-,7-,8+/m0/s1. The van der Waals surface area contributed by atoms with E-state index >= 15 is 0 Å². The number of hydrogen-bond acceptors (Lipinski definition) is 3. The van der Waals surface area contributed by atoms with Crippen LogP contribution in [0, 0.1) is 5.92 Å². The molecule has 3 heteroatoms. The highest BCUT2D eigenvalue weighted by Crippen LogP contribution is 2.19. The van der Waals surface area contributed by atoms with Crippen molar-refractivity contribution in [1.29, 1.82) is 0 Å². The Balaban J connectivity index is 2.40. The Kier molecular flexibility index (Phi) is 3.09. The molecule has 70 valence electrons. The molecule has 1 aliphatic heterocycles. The first kappa shape index (κ1) is 9.52. The maximum absolute atomic E-state index is 11.3. The van der Waals surface area contributed by atoms with Gasteiger partial charge in [-0.1, -0.05) is 6.92 Å². The lowest BCUT2D eigenvalue weighted by atomic mass is 10.0. The van der Waals surface area contributed by atoms with Crippen LogP contribution >= 0.6 is 0 Å². The van der Waals surface area contributed by atoms with Crippen molar-refractivity contribution < 1.29 is 9.53 Å². The van der Waals surface area contributed by atoms with Crippen molar-refractivity contribution in [3.05, 3.63) is 0 Å². The minimum atomic E-state index is -0.103. The third-order valence-corrected chi connectivity index (χ3v) is 2.50. The molecular weight excluding hydrogens is 154 g/mol. The third-order valence-electron chi connectivity index (χ3n) is 2.50. The normalized spacial score (nSPS) is 35.1. The molecule has 0 aliphatic carbocycles. The van der Waals surface area contributed by atoms with Gasteiger partial charge in [-0.05, 0) is 26.2 Å². The molecule has 0 bridgehead atoms. The predicted octanol–water partition coefficient (Wildman–Crippen LogP) is 0.936. The van der Waals surface area contributed by atoms with Gasteiger partial charge in [-0.2, -0.15) is 0 Å². The second kappa shape index (κ2) is 3.90. The Bertz CT molecular complexity index is 160. The quantitative estimate of drug-likeness (QED) is 0.628. The number of ether oxygens (including phenoxy) is 1. The van der Waals surface area contributed by atoms with E-state index in [0.717, 1.165) is 6.42 Å². The summed E-state index contributed by atoms with van der Waals surface area (Å²) in [6, 6.07) is 0.356. The van der Waals surface area contributed by atoms with Gasteiger partial charge in [0.2, 0.25) is 0 Å². The molecule has 0 spiro atoms. The van der Waals surface area contributed by atoms with Gasteiger partial charge < -0.3 is 10.1 Å². The van der Waals surface area contributed by atoms with E-state index in [0.29, 0.717) is 18.6 Å². The Labute approximate surface area is 73.5 Å². The molecule has 0 amide bonds. The van der Waals surface area contributed by atoms with Crippen LogP contribution in [0.3, 0.4) is 0 Å². The zero-order chi connectivity index (χ0) is 9.14. The average Bonchev–Trinajstić information content (AvgIpc) is 2.33. The highest BCUT2D eigenvalue weighted by Gasteiger charge is 2.32. The third kappa shape index (κ3) is 1.97. The van der Waals surface area contributed by atoms with Crippen LogP contribution < -0.4 is 5.32 Å². The first-order valence-electron chi connectivity index (χ1n) is 4.57. The highest BCUT2D eigenvalue weighted by molar-refractivity contribution is 5.76. The topological polar surface area (TPSA) is 38.3 Å². The molecule has 0 aromatic carbocycles. The molecule has 1 heterocycles. The maximum Gasteiger partial charge on any atom is 0.323 e. The summed E-state index contributed by atoms with van der Waals surface area (Å²) in [6.07, 6.45) is 0.903. The molecule has 0 unspecified atom stereocenters. The number of nitrogens with one attached hydrogen (secondary N) is 1. The fraction of sp³-hybridized carbons (Fsp3) is 0.889. The molecule has 0 aromatic heterocycles. The maximum atomic E-state index is 11.3. The van der Waals surface area contributed by atoms with E-state index in [-0.39, 0.29) is 12.0 Å². The first-order chi connectivity index (χ1) is 5.65. The summed E-state index contributed by atoms with van der Waals surface area (Å²) in [4.78, 5) is 11.3. The van der Waals surface area contributed by atoms with Gasteiger partial charge in [0.05, 0.1) is 6.61 Å². The van der Waals surface area contributed by atoms with Crippen molar-refractivity contribution in [3.8, 4) is 0 Å². The largest absolute Gasteiger partial charge is 0.465 e. The van der Waals surface area contributed by atoms with E-state index in [1.807, 2.05) is 6.92 Å². The fourth-order valence-corrected chi connectivity index (χ4v) is 1.53. The summed E-state index contributed by atoms with van der Waals surface area (Å²) in [7, 11) is 0. The average molecular weight is 171 g/mol. The minimum absolute atomic E-state index is 0.0741. The molecule has 0 saturated carbocycles. The van der Waals surface area contributed by atoms with Crippen LogP contribution in [0.15, 0.2) is 0 Å². The first-order valence-corrected chi connectivity index (χ1v) is 4.57. The summed E-state index contributed by atoms with van der Waals surface area (Å²) in [5, 5.41) is 3.21. The number of carbonyl (C=O) groups excluding carboxylic acids is 1. The molecule has 3 atom stereocenters. The molecule has 1 N–H and O–H groups in total. The number of rotatable bonds is 2. The van der Waals surface area contributed by atoms with E-state index in [1.54, 1.807) is 0 Å². The van der Waals surface area contributed by atoms with Gasteiger partial charge in [-0.15, -0.1) is 0 Å². The molecule has 3 nitrogen and oxygen atoms in total. The van der Waals surface area contributed by atoms with Crippen LogP contribution in [0.2, 0.25) is 0 Å². The Hall–Kier alpha value is -0.570. The lowest BCUT2D eigenvalue weighted by Gasteiger charge is -2.09. The van der Waals surface area contributed by atoms with Gasteiger partial charge >= 0.3 is 5.97 Å². The fourth-order valence-electron chi connectivity index (χ4n) is 1.53. The van der Waals surface area contributed by atoms with Crippen molar-refractivity contribution in [1.82, 2.24) is 5.32 Å². The second-order valence-electron chi connectivity index (χ2n) is 3.47. The van der Waals surface area contributed by atoms with Crippen LogP contribution in [-0.2, 0) is 9.53 Å². The zero-order valence-corrected chi connectivity index (χ0v) is 7.96. The Morgan fingerprint density at radius 1 is 1.58 bits per heavy atom. The SMILES string of the molecule is CCOC(=O)[C@H]1C[C@H](C)[C@H](C)N1. The predicted molar refractivity (Wildman–Crippen MR) is 46.8 cm³/mol. The van der Waals surface area contributed by atoms with Crippen LogP contribution in [-0.4, -0.2) is 24.7 Å². The van der Waals surface area contributed by atoms with E-state index in [9.17, 15) is 4.79 Å². The second-order valence-corrected chi connectivity index (χ2v) is 3.47. The summed E-state index contributed by atoms with van der Waals surface area (Å²) in [6.45, 7) is 6.56. The van der Waals surface area contributed by atoms with Crippen LogP contribution in [0.1, 0.15) is 27.2 Å². The lowest BCUT2D eigenvalue weighted by Crippen LogP contribution is -2.35. The van der Waals surface area contributed by atoms with Gasteiger partial charge in [-0.3, -0.25) is 4.79 Å². The number of carbonyl (C=O) groups is 1. The van der Waals surface area contributed by atoms with E-state index in [1.165, 1.54) is 0 Å². The molecule has 1 rings (SSSR count). The van der Waals surface area contributed by atoms with Crippen LogP contribution in [0.4, 0.5) is 0 Å². The summed E-state index contributed by atoms with van der Waals surface area (Å²) in [5.41, 5.74) is 0. The molecule has 0 aromatic rings. The number of hydrogen-bond donors (Lipinski definition) is 1. The molecule has 12 heavy (non-hydrogen) atoms. The van der Waals surface area contributed by atoms with Crippen molar-refractivity contribution >= 4 is 5.97 Å². The van der Waals surface area contributed by atoms with Crippen molar-refractivity contribution in [3.63, 3.8) is 0 Å². The lowest BCUT2D eigenvalue weighted by molar-refractivity contribution is -0.145. The van der Waals surface area contributed by atoms with Gasteiger partial charge in [0.15, 0.2) is 0 Å². The molecule has 1 saturated heterocycles. The van der Waals surface area contributed by atoms with Gasteiger partial charge in [0, 0.05) is 6.04 Å². The van der Waals surface area contributed by atoms with Gasteiger partial charge in [0.25, 0.3) is 0 Å². The highest BCUT2D eigenvalue weighted by atomic mass is 16.5. The smallest absolute Gasteiger partial charge is 0.323 e. The van der Waals surface area contributed by atoms with E-state index < -0.39 is 0 Å². The molecule has 1 aliphatic rings. The Morgan fingerprint density at radius 3 is 2.67 bits per heavy atom. The van der Waals surface area contributed by atoms with Crippen LogP contribution in [0.5, 0.6) is 0 Å². The Morgan fingerprint density at radius 2 is 2.25 bits per heavy atom. The monoisotopic (exact) mass is 171 g/mol. The summed E-state index contributed by atoms with van der Waals surface area (Å²) in [5.74, 6) is 0.466. The minimum Gasteiger partial charge on any atom is -0.465 e. The molecular formula is C9H17NO2. The van der Waals surface area contributed by atoms with E-state index in [4.69, 9.17) is 4.74 Å². The van der Waals surface area contributed by atoms with Crippen molar-refractivity contribution in [2.24, 2.45) is 5.92 Å². The van der Waals surface area contributed by atoms with Crippen molar-refractivity contribution in [2.45, 2.75) is 39.3 Å².